The summed E-state index contributed by atoms with van der Waals surface area (Å²) in [6.07, 6.45) is -0.242. The number of carbonyl (C=O) groups is 2. The number of morpholine rings is 1. The average Bonchev–Trinajstić information content (AvgIpc) is 2.81. The molecule has 1 saturated heterocycles. The van der Waals surface area contributed by atoms with Crippen molar-refractivity contribution in [2.45, 2.75) is 19.3 Å². The number of halogens is 1. The summed E-state index contributed by atoms with van der Waals surface area (Å²) in [7, 11) is 1.55. The number of para-hydroxylation sites is 1. The highest BCUT2D eigenvalue weighted by Gasteiger charge is 2.24. The Morgan fingerprint density at radius 1 is 1.13 bits per heavy atom. The third-order valence-electron chi connectivity index (χ3n) is 4.91. The Labute approximate surface area is 186 Å². The van der Waals surface area contributed by atoms with E-state index in [0.29, 0.717) is 50.2 Å². The number of amides is 4. The molecule has 3 rings (SSSR count). The lowest BCUT2D eigenvalue weighted by Gasteiger charge is -2.33. The van der Waals surface area contributed by atoms with Gasteiger partial charge in [-0.05, 0) is 23.3 Å². The predicted molar refractivity (Wildman–Crippen MR) is 118 cm³/mol. The van der Waals surface area contributed by atoms with Crippen molar-refractivity contribution in [3.05, 3.63) is 64.7 Å². The summed E-state index contributed by atoms with van der Waals surface area (Å²) in [6, 6.07) is 14.7. The Hall–Kier alpha value is -2.97. The lowest BCUT2D eigenvalue weighted by molar-refractivity contribution is -0.0115. The SMILES string of the molecule is CNC(=O)NCC1CN(C(=O)NCc2ccccc2COc2ccccc2Cl)CCO1. The zero-order valence-electron chi connectivity index (χ0n) is 17.4. The fourth-order valence-electron chi connectivity index (χ4n) is 3.19. The van der Waals surface area contributed by atoms with Crippen LogP contribution in [0.5, 0.6) is 5.75 Å². The molecule has 1 aliphatic heterocycles. The lowest BCUT2D eigenvalue weighted by Crippen LogP contribution is -2.52. The zero-order chi connectivity index (χ0) is 22.1. The maximum Gasteiger partial charge on any atom is 0.317 e. The minimum absolute atomic E-state index is 0.171. The van der Waals surface area contributed by atoms with Gasteiger partial charge >= 0.3 is 12.1 Å². The number of rotatable bonds is 7. The number of nitrogens with one attached hydrogen (secondary N) is 3. The molecule has 1 aliphatic rings. The van der Waals surface area contributed by atoms with Gasteiger partial charge in [0.2, 0.25) is 0 Å². The van der Waals surface area contributed by atoms with Gasteiger partial charge in [0, 0.05) is 26.7 Å². The first-order valence-electron chi connectivity index (χ1n) is 10.1. The van der Waals surface area contributed by atoms with E-state index in [9.17, 15) is 9.59 Å². The Balaban J connectivity index is 1.52. The second-order valence-electron chi connectivity index (χ2n) is 7.05. The molecule has 0 bridgehead atoms. The van der Waals surface area contributed by atoms with E-state index in [1.54, 1.807) is 18.0 Å². The van der Waals surface area contributed by atoms with Crippen molar-refractivity contribution in [3.63, 3.8) is 0 Å². The number of nitrogens with zero attached hydrogens (tertiary/aromatic N) is 1. The number of hydrogen-bond donors (Lipinski definition) is 3. The number of carbonyl (C=O) groups excluding carboxylic acids is 2. The predicted octanol–water partition coefficient (Wildman–Crippen LogP) is 2.76. The molecule has 0 radical (unpaired) electrons. The molecule has 0 aliphatic carbocycles. The molecule has 0 saturated carbocycles. The van der Waals surface area contributed by atoms with Crippen molar-refractivity contribution in [3.8, 4) is 5.75 Å². The molecule has 0 aromatic heterocycles. The fraction of sp³-hybridized carbons (Fsp3) is 0.364. The molecular weight excluding hydrogens is 420 g/mol. The maximum atomic E-state index is 12.7. The van der Waals surface area contributed by atoms with Gasteiger partial charge in [-0.1, -0.05) is 48.0 Å². The molecule has 1 atom stereocenters. The van der Waals surface area contributed by atoms with Gasteiger partial charge in [0.15, 0.2) is 0 Å². The molecule has 2 aromatic carbocycles. The first-order valence-corrected chi connectivity index (χ1v) is 10.5. The minimum Gasteiger partial charge on any atom is -0.487 e. The van der Waals surface area contributed by atoms with Crippen LogP contribution in [0.2, 0.25) is 5.02 Å². The molecule has 1 heterocycles. The third-order valence-corrected chi connectivity index (χ3v) is 5.22. The minimum atomic E-state index is -0.277. The van der Waals surface area contributed by atoms with Gasteiger partial charge in [-0.15, -0.1) is 0 Å². The smallest absolute Gasteiger partial charge is 0.317 e. The Kier molecular flexibility index (Phi) is 8.37. The summed E-state index contributed by atoms with van der Waals surface area (Å²) >= 11 is 6.15. The normalized spacial score (nSPS) is 15.8. The first-order chi connectivity index (χ1) is 15.1. The summed E-state index contributed by atoms with van der Waals surface area (Å²) in [4.78, 5) is 25.7. The monoisotopic (exact) mass is 446 g/mol. The van der Waals surface area contributed by atoms with Crippen molar-refractivity contribution < 1.29 is 19.1 Å². The Morgan fingerprint density at radius 3 is 2.65 bits per heavy atom. The number of benzene rings is 2. The van der Waals surface area contributed by atoms with Gasteiger partial charge < -0.3 is 30.3 Å². The van der Waals surface area contributed by atoms with Crippen LogP contribution in [0.1, 0.15) is 11.1 Å². The average molecular weight is 447 g/mol. The molecule has 166 valence electrons. The van der Waals surface area contributed by atoms with E-state index < -0.39 is 0 Å². The van der Waals surface area contributed by atoms with Crippen LogP contribution < -0.4 is 20.7 Å². The molecule has 31 heavy (non-hydrogen) atoms. The molecular formula is C22H27ClN4O4. The highest BCUT2D eigenvalue weighted by molar-refractivity contribution is 6.32. The number of urea groups is 2. The van der Waals surface area contributed by atoms with E-state index in [2.05, 4.69) is 16.0 Å². The van der Waals surface area contributed by atoms with Crippen molar-refractivity contribution in [1.29, 1.82) is 0 Å². The first kappa shape index (κ1) is 22.7. The molecule has 8 nitrogen and oxygen atoms in total. The lowest BCUT2D eigenvalue weighted by atomic mass is 10.1. The van der Waals surface area contributed by atoms with E-state index in [0.717, 1.165) is 11.1 Å². The van der Waals surface area contributed by atoms with Crippen molar-refractivity contribution >= 4 is 23.7 Å². The van der Waals surface area contributed by atoms with Crippen molar-refractivity contribution in [2.75, 3.05) is 33.3 Å². The van der Waals surface area contributed by atoms with Crippen molar-refractivity contribution in [2.24, 2.45) is 0 Å². The van der Waals surface area contributed by atoms with Crippen LogP contribution in [-0.2, 0) is 17.9 Å². The standard InChI is InChI=1S/C22H27ClN4O4/c1-24-21(28)25-13-18-14-27(10-11-30-18)22(29)26-12-16-6-2-3-7-17(16)15-31-20-9-5-4-8-19(20)23/h2-9,18H,10-15H2,1H3,(H,26,29)(H2,24,25,28). The number of hydrogen-bond acceptors (Lipinski definition) is 4. The molecule has 9 heteroatoms. The maximum absolute atomic E-state index is 12.7. The van der Waals surface area contributed by atoms with E-state index in [-0.39, 0.29) is 18.2 Å². The van der Waals surface area contributed by atoms with E-state index >= 15 is 0 Å². The van der Waals surface area contributed by atoms with Gasteiger partial charge in [-0.3, -0.25) is 0 Å². The van der Waals surface area contributed by atoms with Crippen LogP contribution in [-0.4, -0.2) is 56.4 Å². The van der Waals surface area contributed by atoms with Crippen LogP contribution in [0.3, 0.4) is 0 Å². The topological polar surface area (TPSA) is 91.9 Å². The van der Waals surface area contributed by atoms with Crippen LogP contribution in [0, 0.1) is 0 Å². The highest BCUT2D eigenvalue weighted by atomic mass is 35.5. The van der Waals surface area contributed by atoms with E-state index in [1.165, 1.54) is 0 Å². The molecule has 2 aromatic rings. The van der Waals surface area contributed by atoms with Gasteiger partial charge in [0.1, 0.15) is 12.4 Å². The highest BCUT2D eigenvalue weighted by Crippen LogP contribution is 2.24. The Bertz CT molecular complexity index is 895. The molecule has 4 amide bonds. The zero-order valence-corrected chi connectivity index (χ0v) is 18.2. The Morgan fingerprint density at radius 2 is 1.87 bits per heavy atom. The molecule has 1 fully saturated rings. The molecule has 0 spiro atoms. The van der Waals surface area contributed by atoms with Crippen molar-refractivity contribution in [1.82, 2.24) is 20.9 Å². The van der Waals surface area contributed by atoms with E-state index in [4.69, 9.17) is 21.1 Å². The van der Waals surface area contributed by atoms with Crippen LogP contribution in [0.25, 0.3) is 0 Å². The summed E-state index contributed by atoms with van der Waals surface area (Å²) in [5.41, 5.74) is 1.94. The summed E-state index contributed by atoms with van der Waals surface area (Å²) < 4.78 is 11.5. The second-order valence-corrected chi connectivity index (χ2v) is 7.45. The number of ether oxygens (including phenoxy) is 2. The summed E-state index contributed by atoms with van der Waals surface area (Å²) in [5.74, 6) is 0.618. The van der Waals surface area contributed by atoms with Gasteiger partial charge in [-0.2, -0.15) is 0 Å². The van der Waals surface area contributed by atoms with Crippen LogP contribution in [0.15, 0.2) is 48.5 Å². The molecule has 3 N–H and O–H groups in total. The third kappa shape index (κ3) is 6.77. The van der Waals surface area contributed by atoms with Gasteiger partial charge in [-0.25, -0.2) is 9.59 Å². The quantitative estimate of drug-likeness (QED) is 0.609. The molecule has 1 unspecified atom stereocenters. The van der Waals surface area contributed by atoms with Gasteiger partial charge in [0.05, 0.1) is 24.3 Å². The second kappa shape index (κ2) is 11.4. The van der Waals surface area contributed by atoms with Crippen LogP contribution >= 0.6 is 11.6 Å². The fourth-order valence-corrected chi connectivity index (χ4v) is 3.38. The van der Waals surface area contributed by atoms with E-state index in [1.807, 2.05) is 42.5 Å². The van der Waals surface area contributed by atoms with Crippen LogP contribution in [0.4, 0.5) is 9.59 Å². The largest absolute Gasteiger partial charge is 0.487 e. The summed E-state index contributed by atoms with van der Waals surface area (Å²) in [6.45, 7) is 2.40. The van der Waals surface area contributed by atoms with Gasteiger partial charge in [0.25, 0.3) is 0 Å². The summed E-state index contributed by atoms with van der Waals surface area (Å²) in [5, 5.41) is 8.71.